The van der Waals surface area contributed by atoms with E-state index in [1.54, 1.807) is 60.7 Å². The van der Waals surface area contributed by atoms with Gasteiger partial charge >= 0.3 is 31.1 Å². The lowest BCUT2D eigenvalue weighted by atomic mass is 10.2. The molecule has 0 saturated carbocycles. The normalized spacial score (nSPS) is 14.8. The van der Waals surface area contributed by atoms with E-state index in [-0.39, 0.29) is 6.16 Å². The van der Waals surface area contributed by atoms with Gasteiger partial charge in [-0.25, -0.2) is 16.8 Å². The first kappa shape index (κ1) is 39.7. The van der Waals surface area contributed by atoms with E-state index >= 15 is 0 Å². The summed E-state index contributed by atoms with van der Waals surface area (Å²) in [6, 6.07) is 35.6. The minimum absolute atomic E-state index is 0.100. The molecule has 0 amide bonds. The maximum absolute atomic E-state index is 14.2. The van der Waals surface area contributed by atoms with Crippen LogP contribution in [0.4, 0.5) is 26.3 Å². The van der Waals surface area contributed by atoms with E-state index < -0.39 is 59.2 Å². The molecule has 0 bridgehead atoms. The molecule has 1 atom stereocenters. The molecule has 4 rings (SSSR count). The van der Waals surface area contributed by atoms with Crippen LogP contribution in [0, 0.1) is 0 Å². The number of hydrogen-bond acceptors (Lipinski definition) is 5. The molecule has 49 heavy (non-hydrogen) atoms. The van der Waals surface area contributed by atoms with Gasteiger partial charge in [0.2, 0.25) is 0 Å². The van der Waals surface area contributed by atoms with Gasteiger partial charge in [0.15, 0.2) is 29.5 Å². The van der Waals surface area contributed by atoms with Gasteiger partial charge in [0.05, 0.1) is 0 Å². The smallest absolute Gasteiger partial charge is 0.202 e. The van der Waals surface area contributed by atoms with Crippen molar-refractivity contribution in [1.82, 2.24) is 8.80 Å². The number of benzene rings is 4. The van der Waals surface area contributed by atoms with Crippen LogP contribution in [0.3, 0.4) is 0 Å². The van der Waals surface area contributed by atoms with Crippen LogP contribution in [0.2, 0.25) is 0 Å². The van der Waals surface area contributed by atoms with E-state index in [0.29, 0.717) is 16.8 Å². The van der Waals surface area contributed by atoms with Crippen molar-refractivity contribution in [2.24, 2.45) is 0 Å². The number of nitrogens with one attached hydrogen (secondary N) is 1. The molecule has 264 valence electrons. The fourth-order valence-corrected chi connectivity index (χ4v) is 20.9. The lowest BCUT2D eigenvalue weighted by molar-refractivity contribution is -0.0571. The second-order valence-electron chi connectivity index (χ2n) is 11.2. The molecule has 0 aliphatic carbocycles. The molecule has 0 aliphatic heterocycles. The van der Waals surface area contributed by atoms with Crippen molar-refractivity contribution >= 4 is 75.6 Å². The minimum Gasteiger partial charge on any atom is -0.202 e. The third kappa shape index (κ3) is 7.88. The number of rotatable bonds is 13. The van der Waals surface area contributed by atoms with Crippen molar-refractivity contribution in [1.29, 1.82) is 0 Å². The Bertz CT molecular complexity index is 1800. The van der Waals surface area contributed by atoms with E-state index in [0.717, 1.165) is 24.5 Å². The Kier molecular flexibility index (Phi) is 12.0. The van der Waals surface area contributed by atoms with Crippen LogP contribution in [0.15, 0.2) is 121 Å². The predicted octanol–water partition coefficient (Wildman–Crippen LogP) is 7.31. The third-order valence-electron chi connectivity index (χ3n) is 8.01. The lowest BCUT2D eigenvalue weighted by Gasteiger charge is -2.42. The van der Waals surface area contributed by atoms with Gasteiger partial charge in [0.1, 0.15) is 44.1 Å². The number of halogens is 7. The Balaban J connectivity index is 2.05. The van der Waals surface area contributed by atoms with E-state index in [9.17, 15) is 43.2 Å². The van der Waals surface area contributed by atoms with Crippen LogP contribution in [-0.2, 0) is 20.0 Å². The highest BCUT2D eigenvalue weighted by atomic mass is 127. The highest BCUT2D eigenvalue weighted by molar-refractivity contribution is 14.2. The number of sulfonamides is 2. The zero-order chi connectivity index (χ0) is 36.4. The molecule has 6 nitrogen and oxygen atoms in total. The van der Waals surface area contributed by atoms with Gasteiger partial charge in [0, 0.05) is 0 Å². The summed E-state index contributed by atoms with van der Waals surface area (Å²) in [6.07, 6.45) is -0.339. The van der Waals surface area contributed by atoms with E-state index in [1.165, 1.54) is 0 Å². The molecule has 0 saturated heterocycles. The average molecular weight is 877 g/mol. The summed E-state index contributed by atoms with van der Waals surface area (Å²) in [5.74, 6) is 0. The van der Waals surface area contributed by atoms with Gasteiger partial charge in [-0.1, -0.05) is 83.4 Å². The molecular weight excluding hydrogens is 843 g/mol. The summed E-state index contributed by atoms with van der Waals surface area (Å²) in [6.45, 7) is 1.88. The molecule has 0 heterocycles. The quantitative estimate of drug-likeness (QED) is 0.0660. The summed E-state index contributed by atoms with van der Waals surface area (Å²) >= 11 is 2.39. The van der Waals surface area contributed by atoms with E-state index in [1.807, 2.05) is 60.7 Å². The molecule has 4 aromatic rings. The summed E-state index contributed by atoms with van der Waals surface area (Å²) in [4.78, 5) is -2.38. The topological polar surface area (TPSA) is 83.6 Å². The van der Waals surface area contributed by atoms with Crippen molar-refractivity contribution in [3.05, 3.63) is 121 Å². The van der Waals surface area contributed by atoms with Crippen LogP contribution >= 0.6 is 34.4 Å². The van der Waals surface area contributed by atoms with Crippen LogP contribution < -0.4 is 26.3 Å². The van der Waals surface area contributed by atoms with Gasteiger partial charge in [-0.05, 0) is 61.9 Å². The average Bonchev–Trinajstić information content (AvgIpc) is 3.07. The number of nitrogens with zero attached hydrogens (tertiary/aromatic N) is 1. The van der Waals surface area contributed by atoms with E-state index in [4.69, 9.17) is 0 Å². The Morgan fingerprint density at radius 1 is 0.592 bits per heavy atom. The minimum atomic E-state index is -7.13. The van der Waals surface area contributed by atoms with Crippen molar-refractivity contribution in [2.45, 2.75) is 36.9 Å². The Morgan fingerprint density at radius 2 is 0.898 bits per heavy atom. The van der Waals surface area contributed by atoms with Crippen LogP contribution in [0.5, 0.6) is 0 Å². The molecule has 0 fully saturated rings. The summed E-state index contributed by atoms with van der Waals surface area (Å²) in [7, 11) is -17.8. The maximum atomic E-state index is 14.2. The van der Waals surface area contributed by atoms with E-state index in [2.05, 4.69) is 27.1 Å². The molecule has 0 radical (unpaired) electrons. The molecule has 0 spiro atoms. The molecule has 1 unspecified atom stereocenters. The Hall–Kier alpha value is -2.13. The highest BCUT2D eigenvalue weighted by Crippen LogP contribution is 2.68. The predicted molar refractivity (Wildman–Crippen MR) is 196 cm³/mol. The van der Waals surface area contributed by atoms with Crippen molar-refractivity contribution in [2.75, 3.05) is 12.3 Å². The SMILES string of the molecule is CCC(C)(N[P+](CC[P+](I)(c1ccccc1)c1ccccc1)(c1ccccc1)c1ccccc1)N(S(=O)(=O)C(F)(F)F)S(=O)(=O)C(F)(F)F. The van der Waals surface area contributed by atoms with Crippen LogP contribution in [0.25, 0.3) is 0 Å². The summed E-state index contributed by atoms with van der Waals surface area (Å²) in [5.41, 5.74) is -15.7. The second kappa shape index (κ2) is 14.8. The van der Waals surface area contributed by atoms with Gasteiger partial charge < -0.3 is 0 Å². The van der Waals surface area contributed by atoms with Gasteiger partial charge in [-0.2, -0.15) is 31.4 Å². The van der Waals surface area contributed by atoms with Crippen molar-refractivity contribution < 1.29 is 43.2 Å². The zero-order valence-electron chi connectivity index (χ0n) is 26.1. The third-order valence-corrected chi connectivity index (χ3v) is 24.4. The lowest BCUT2D eigenvalue weighted by Crippen LogP contribution is -2.66. The largest absolute Gasteiger partial charge is 0.512 e. The first-order valence-electron chi connectivity index (χ1n) is 14.7. The first-order valence-corrected chi connectivity index (χ1v) is 24.3. The van der Waals surface area contributed by atoms with Gasteiger partial charge in [-0.3, -0.25) is 0 Å². The first-order chi connectivity index (χ1) is 22.8. The number of alkyl halides is 6. The standard InChI is InChI=1S/C32H33F6IN2O4P2S2/c1-3-30(2,41(48(42,43)31(33,34)35)49(44,45)32(36,37)38)40-47(28-20-12-6-13-21-28,29-22-14-7-15-23-29)25-24-46(39,26-16-8-4-9-17-26)27-18-10-5-11-19-27/h4-23,40H,3,24-25H2,1-2H3/q+2. The zero-order valence-corrected chi connectivity index (χ0v) is 31.7. The highest BCUT2D eigenvalue weighted by Gasteiger charge is 2.68. The molecule has 0 aliphatic rings. The molecular formula is C32H33F6IN2O4P2S2+2. The van der Waals surface area contributed by atoms with Gasteiger partial charge in [0.25, 0.3) is 0 Å². The summed E-state index contributed by atoms with van der Waals surface area (Å²) in [5, 5.41) is 5.84. The monoisotopic (exact) mass is 876 g/mol. The second-order valence-corrected chi connectivity index (χ2v) is 26.1. The Labute approximate surface area is 296 Å². The molecule has 4 aromatic carbocycles. The van der Waals surface area contributed by atoms with Crippen molar-refractivity contribution in [3.8, 4) is 0 Å². The van der Waals surface area contributed by atoms with Crippen LogP contribution in [-0.4, -0.2) is 49.5 Å². The fourth-order valence-electron chi connectivity index (χ4n) is 5.49. The van der Waals surface area contributed by atoms with Crippen molar-refractivity contribution in [3.63, 3.8) is 0 Å². The Morgan fingerprint density at radius 3 is 1.18 bits per heavy atom. The maximum Gasteiger partial charge on any atom is 0.512 e. The molecule has 17 heteroatoms. The van der Waals surface area contributed by atoms with Crippen LogP contribution in [0.1, 0.15) is 20.3 Å². The summed E-state index contributed by atoms with van der Waals surface area (Å²) < 4.78 is 135. The number of hydrogen-bond donors (Lipinski definition) is 1. The molecule has 1 N–H and O–H groups in total. The fraction of sp³-hybridized carbons (Fsp3) is 0.250. The molecule has 0 aromatic heterocycles. The van der Waals surface area contributed by atoms with Gasteiger partial charge in [-0.15, -0.1) is 0 Å².